The Kier molecular flexibility index (Phi) is 9.99. The minimum absolute atomic E-state index is 0.248. The molecule has 0 aliphatic rings. The fourth-order valence-corrected chi connectivity index (χ4v) is 2.88. The zero-order valence-corrected chi connectivity index (χ0v) is 18.1. The third kappa shape index (κ3) is 8.41. The van der Waals surface area contributed by atoms with Gasteiger partial charge in [0.2, 0.25) is 5.91 Å². The van der Waals surface area contributed by atoms with Gasteiger partial charge in [0.05, 0.1) is 24.3 Å². The highest BCUT2D eigenvalue weighted by Gasteiger charge is 2.35. The van der Waals surface area contributed by atoms with Crippen LogP contribution in [0.5, 0.6) is 0 Å². The predicted octanol–water partition coefficient (Wildman–Crippen LogP) is 3.93. The number of hydrogen-bond acceptors (Lipinski definition) is 5. The maximum Gasteiger partial charge on any atom is 0.429 e. The van der Waals surface area contributed by atoms with Crippen LogP contribution in [0.1, 0.15) is 66.0 Å². The second-order valence-electron chi connectivity index (χ2n) is 7.31. The van der Waals surface area contributed by atoms with Crippen molar-refractivity contribution in [3.63, 3.8) is 0 Å². The van der Waals surface area contributed by atoms with Crippen LogP contribution in [-0.4, -0.2) is 41.4 Å². The van der Waals surface area contributed by atoms with E-state index < -0.39 is 24.3 Å². The second-order valence-corrected chi connectivity index (χ2v) is 7.31. The molecular formula is C21H33N3O5. The summed E-state index contributed by atoms with van der Waals surface area (Å²) in [6, 6.07) is 8.16. The Hall–Kier alpha value is -2.77. The van der Waals surface area contributed by atoms with Gasteiger partial charge in [-0.05, 0) is 39.7 Å². The van der Waals surface area contributed by atoms with Crippen molar-refractivity contribution in [2.45, 2.75) is 78.7 Å². The number of ether oxygens (including phenoxy) is 2. The molecule has 0 fully saturated rings. The number of nitrogens with zero attached hydrogens (tertiary/aromatic N) is 1. The topological polar surface area (TPSA) is 97.0 Å². The number of hydrogen-bond donors (Lipinski definition) is 2. The van der Waals surface area contributed by atoms with Crippen LogP contribution < -0.4 is 10.7 Å². The maximum atomic E-state index is 12.8. The van der Waals surface area contributed by atoms with Crippen molar-refractivity contribution in [1.29, 1.82) is 0 Å². The molecule has 1 aromatic carbocycles. The Bertz CT molecular complexity index is 664. The summed E-state index contributed by atoms with van der Waals surface area (Å²) in [6.07, 6.45) is -1.01. The van der Waals surface area contributed by atoms with Crippen molar-refractivity contribution in [1.82, 2.24) is 15.8 Å². The molecule has 0 heterocycles. The lowest BCUT2D eigenvalue weighted by Crippen LogP contribution is -2.57. The molecule has 0 aliphatic heterocycles. The Morgan fingerprint density at radius 1 is 1.00 bits per heavy atom. The first-order chi connectivity index (χ1) is 13.6. The number of carbonyl (C=O) groups is 3. The van der Waals surface area contributed by atoms with Crippen molar-refractivity contribution in [2.24, 2.45) is 0 Å². The Balaban J connectivity index is 3.33. The highest BCUT2D eigenvalue weighted by molar-refractivity contribution is 5.76. The van der Waals surface area contributed by atoms with Gasteiger partial charge >= 0.3 is 12.2 Å². The van der Waals surface area contributed by atoms with Crippen LogP contribution >= 0.6 is 0 Å². The van der Waals surface area contributed by atoms with Gasteiger partial charge in [0, 0.05) is 6.92 Å². The summed E-state index contributed by atoms with van der Waals surface area (Å²) in [5.41, 5.74) is 3.32. The first-order valence-electron chi connectivity index (χ1n) is 9.94. The van der Waals surface area contributed by atoms with E-state index in [0.29, 0.717) is 12.8 Å². The van der Waals surface area contributed by atoms with Gasteiger partial charge in [-0.1, -0.05) is 43.7 Å². The van der Waals surface area contributed by atoms with E-state index in [-0.39, 0.29) is 18.1 Å². The van der Waals surface area contributed by atoms with Gasteiger partial charge in [-0.3, -0.25) is 4.79 Å². The van der Waals surface area contributed by atoms with Gasteiger partial charge < -0.3 is 14.8 Å². The van der Waals surface area contributed by atoms with Crippen molar-refractivity contribution < 1.29 is 23.9 Å². The molecule has 0 radical (unpaired) electrons. The molecule has 8 nitrogen and oxygen atoms in total. The lowest BCUT2D eigenvalue weighted by Gasteiger charge is -2.36. The average Bonchev–Trinajstić information content (AvgIpc) is 2.62. The molecule has 162 valence electrons. The van der Waals surface area contributed by atoms with Crippen LogP contribution in [0.15, 0.2) is 30.3 Å². The van der Waals surface area contributed by atoms with E-state index >= 15 is 0 Å². The molecule has 0 aromatic heterocycles. The van der Waals surface area contributed by atoms with Gasteiger partial charge in [-0.25, -0.2) is 20.0 Å². The van der Waals surface area contributed by atoms with Crippen LogP contribution in [0.4, 0.5) is 9.59 Å². The molecule has 2 atom stereocenters. The third-order valence-corrected chi connectivity index (χ3v) is 3.91. The van der Waals surface area contributed by atoms with Gasteiger partial charge in [-0.15, -0.1) is 0 Å². The lowest BCUT2D eigenvalue weighted by molar-refractivity contribution is -0.120. The molecule has 0 spiro atoms. The smallest absolute Gasteiger partial charge is 0.429 e. The Labute approximate surface area is 172 Å². The molecule has 2 N–H and O–H groups in total. The van der Waals surface area contributed by atoms with Gasteiger partial charge in [-0.2, -0.15) is 0 Å². The first-order valence-corrected chi connectivity index (χ1v) is 9.94. The minimum Gasteiger partial charge on any atom is -0.446 e. The second kappa shape index (κ2) is 11.9. The molecular weight excluding hydrogens is 374 g/mol. The van der Waals surface area contributed by atoms with Crippen LogP contribution in [0.25, 0.3) is 0 Å². The van der Waals surface area contributed by atoms with Crippen molar-refractivity contribution in [3.05, 3.63) is 35.9 Å². The van der Waals surface area contributed by atoms with E-state index in [1.54, 1.807) is 27.7 Å². The molecule has 29 heavy (non-hydrogen) atoms. The van der Waals surface area contributed by atoms with E-state index in [0.717, 1.165) is 10.6 Å². The molecule has 0 aliphatic carbocycles. The van der Waals surface area contributed by atoms with Crippen LogP contribution in [0.2, 0.25) is 0 Å². The number of nitrogens with one attached hydrogen (secondary N) is 2. The molecule has 1 rings (SSSR count). The van der Waals surface area contributed by atoms with E-state index in [1.165, 1.54) is 6.92 Å². The quantitative estimate of drug-likeness (QED) is 0.637. The first kappa shape index (κ1) is 24.3. The summed E-state index contributed by atoms with van der Waals surface area (Å²) in [6.45, 7) is 10.2. The molecule has 0 unspecified atom stereocenters. The number of rotatable bonds is 8. The van der Waals surface area contributed by atoms with Crippen molar-refractivity contribution >= 4 is 18.1 Å². The Morgan fingerprint density at radius 2 is 1.59 bits per heavy atom. The summed E-state index contributed by atoms with van der Waals surface area (Å²) in [5, 5.41) is 4.03. The highest BCUT2D eigenvalue weighted by Crippen LogP contribution is 2.25. The van der Waals surface area contributed by atoms with Crippen LogP contribution in [0.3, 0.4) is 0 Å². The molecule has 8 heteroatoms. The predicted molar refractivity (Wildman–Crippen MR) is 110 cm³/mol. The largest absolute Gasteiger partial charge is 0.446 e. The standard InChI is InChI=1S/C21H33N3O5/c1-7-11-18(19(22-16(6)25)17-12-9-8-10-13-17)24(21(27)29-15(4)5)23-20(26)28-14(2)3/h8-10,12-15,18-19H,7,11H2,1-6H3,(H,22,25)(H,23,26)/t18-,19-/m0/s1. The van der Waals surface area contributed by atoms with Crippen molar-refractivity contribution in [2.75, 3.05) is 0 Å². The summed E-state index contributed by atoms with van der Waals surface area (Å²) >= 11 is 0. The summed E-state index contributed by atoms with van der Waals surface area (Å²) in [5.74, 6) is -0.248. The normalized spacial score (nSPS) is 12.8. The number of hydrazine groups is 1. The average molecular weight is 408 g/mol. The fraction of sp³-hybridized carbons (Fsp3) is 0.571. The van der Waals surface area contributed by atoms with E-state index in [2.05, 4.69) is 10.7 Å². The van der Waals surface area contributed by atoms with Gasteiger partial charge in [0.15, 0.2) is 0 Å². The zero-order valence-electron chi connectivity index (χ0n) is 18.1. The van der Waals surface area contributed by atoms with Crippen LogP contribution in [-0.2, 0) is 14.3 Å². The third-order valence-electron chi connectivity index (χ3n) is 3.91. The van der Waals surface area contributed by atoms with E-state index in [9.17, 15) is 14.4 Å². The summed E-state index contributed by atoms with van der Waals surface area (Å²) in [4.78, 5) is 37.0. The maximum absolute atomic E-state index is 12.8. The van der Waals surface area contributed by atoms with Crippen LogP contribution in [0, 0.1) is 0 Å². The van der Waals surface area contributed by atoms with E-state index in [1.807, 2.05) is 37.3 Å². The van der Waals surface area contributed by atoms with Gasteiger partial charge in [0.1, 0.15) is 0 Å². The zero-order chi connectivity index (χ0) is 22.0. The van der Waals surface area contributed by atoms with Gasteiger partial charge in [0.25, 0.3) is 0 Å². The number of amides is 3. The van der Waals surface area contributed by atoms with E-state index in [4.69, 9.17) is 9.47 Å². The lowest BCUT2D eigenvalue weighted by atomic mass is 9.95. The molecule has 0 bridgehead atoms. The summed E-state index contributed by atoms with van der Waals surface area (Å²) < 4.78 is 10.5. The molecule has 3 amide bonds. The number of carbonyl (C=O) groups excluding carboxylic acids is 3. The minimum atomic E-state index is -0.767. The summed E-state index contributed by atoms with van der Waals surface area (Å²) in [7, 11) is 0. The fourth-order valence-electron chi connectivity index (χ4n) is 2.88. The monoisotopic (exact) mass is 407 g/mol. The molecule has 0 saturated carbocycles. The van der Waals surface area contributed by atoms with Crippen molar-refractivity contribution in [3.8, 4) is 0 Å². The number of benzene rings is 1. The molecule has 0 saturated heterocycles. The SMILES string of the molecule is CCC[C@@H]([C@@H](NC(C)=O)c1ccccc1)N(NC(=O)OC(C)C)C(=O)OC(C)C. The highest BCUT2D eigenvalue weighted by atomic mass is 16.6. The molecule has 1 aromatic rings. The Morgan fingerprint density at radius 3 is 2.07 bits per heavy atom.